The first-order valence-electron chi connectivity index (χ1n) is 11.0. The summed E-state index contributed by atoms with van der Waals surface area (Å²) in [6, 6.07) is 12.4. The standard InChI is InChI=1S/C26H24F5N3O2/c1-24(2,19-12-16(27)6-8-22(19)35)14-25(36,26(29,30)31)15-33-20-4-3-5-21-18(20)10-11-34(21)17-7-9-23(28)32-13-17/h3-13,33,35-36H,14-15H2,1-2H3. The summed E-state index contributed by atoms with van der Waals surface area (Å²) < 4.78 is 71.1. The maximum atomic E-state index is 14.1. The van der Waals surface area contributed by atoms with Gasteiger partial charge in [-0.05, 0) is 60.4 Å². The van der Waals surface area contributed by atoms with Crippen molar-refractivity contribution in [3.63, 3.8) is 0 Å². The number of nitrogens with zero attached hydrogens (tertiary/aromatic N) is 2. The van der Waals surface area contributed by atoms with E-state index < -0.39 is 41.9 Å². The molecule has 0 bridgehead atoms. The molecule has 3 N–H and O–H groups in total. The molecule has 0 saturated carbocycles. The summed E-state index contributed by atoms with van der Waals surface area (Å²) in [5.74, 6) is -1.71. The fourth-order valence-electron chi connectivity index (χ4n) is 4.44. The van der Waals surface area contributed by atoms with Gasteiger partial charge in [-0.2, -0.15) is 17.6 Å². The van der Waals surface area contributed by atoms with Gasteiger partial charge in [0.15, 0.2) is 5.60 Å². The molecule has 2 aromatic carbocycles. The molecule has 5 nitrogen and oxygen atoms in total. The van der Waals surface area contributed by atoms with E-state index in [1.165, 1.54) is 32.2 Å². The van der Waals surface area contributed by atoms with Crippen LogP contribution in [0.25, 0.3) is 16.6 Å². The second-order valence-electron chi connectivity index (χ2n) is 9.37. The number of alkyl halides is 3. The lowest BCUT2D eigenvalue weighted by Crippen LogP contribution is -2.53. The molecule has 36 heavy (non-hydrogen) atoms. The maximum Gasteiger partial charge on any atom is 0.418 e. The van der Waals surface area contributed by atoms with Gasteiger partial charge in [0.05, 0.1) is 23.9 Å². The van der Waals surface area contributed by atoms with Crippen molar-refractivity contribution >= 4 is 16.6 Å². The molecule has 2 heterocycles. The molecule has 0 saturated heterocycles. The molecule has 1 atom stereocenters. The topological polar surface area (TPSA) is 70.3 Å². The number of benzene rings is 2. The zero-order chi connectivity index (χ0) is 26.3. The van der Waals surface area contributed by atoms with E-state index in [1.807, 2.05) is 0 Å². The second-order valence-corrected chi connectivity index (χ2v) is 9.37. The Morgan fingerprint density at radius 1 is 1.00 bits per heavy atom. The molecule has 0 fully saturated rings. The van der Waals surface area contributed by atoms with Crippen molar-refractivity contribution in [2.45, 2.75) is 37.5 Å². The lowest BCUT2D eigenvalue weighted by Gasteiger charge is -2.38. The van der Waals surface area contributed by atoms with Gasteiger partial charge in [-0.1, -0.05) is 19.9 Å². The number of rotatable bonds is 7. The van der Waals surface area contributed by atoms with Crippen LogP contribution in [0.1, 0.15) is 25.8 Å². The van der Waals surface area contributed by atoms with Gasteiger partial charge in [0.1, 0.15) is 11.6 Å². The summed E-state index contributed by atoms with van der Waals surface area (Å²) in [7, 11) is 0. The van der Waals surface area contributed by atoms with Crippen LogP contribution in [-0.2, 0) is 5.41 Å². The highest BCUT2D eigenvalue weighted by Gasteiger charge is 2.56. The third-order valence-electron chi connectivity index (χ3n) is 6.24. The van der Waals surface area contributed by atoms with E-state index in [1.54, 1.807) is 35.0 Å². The van der Waals surface area contributed by atoms with Gasteiger partial charge in [-0.15, -0.1) is 0 Å². The molecule has 0 spiro atoms. The molecule has 0 aliphatic rings. The number of hydrogen-bond acceptors (Lipinski definition) is 4. The molecule has 0 radical (unpaired) electrons. The Labute approximate surface area is 203 Å². The van der Waals surface area contributed by atoms with Crippen LogP contribution in [-0.4, -0.2) is 38.1 Å². The molecular weight excluding hydrogens is 481 g/mol. The van der Waals surface area contributed by atoms with Crippen LogP contribution < -0.4 is 5.32 Å². The number of aromatic nitrogens is 2. The van der Waals surface area contributed by atoms with Crippen molar-refractivity contribution in [2.75, 3.05) is 11.9 Å². The molecule has 0 aliphatic carbocycles. The number of pyridine rings is 1. The van der Waals surface area contributed by atoms with Gasteiger partial charge in [-0.3, -0.25) is 0 Å². The molecule has 4 rings (SSSR count). The van der Waals surface area contributed by atoms with E-state index in [-0.39, 0.29) is 11.3 Å². The Bertz CT molecular complexity index is 1380. The first kappa shape index (κ1) is 25.4. The van der Waals surface area contributed by atoms with Crippen LogP contribution >= 0.6 is 0 Å². The monoisotopic (exact) mass is 505 g/mol. The molecule has 0 amide bonds. The summed E-state index contributed by atoms with van der Waals surface area (Å²) in [5.41, 5.74) is -3.14. The molecule has 190 valence electrons. The minimum absolute atomic E-state index is 0.0442. The minimum Gasteiger partial charge on any atom is -0.508 e. The van der Waals surface area contributed by atoms with Gasteiger partial charge in [0.25, 0.3) is 0 Å². The molecule has 10 heteroatoms. The van der Waals surface area contributed by atoms with E-state index in [0.29, 0.717) is 22.3 Å². The van der Waals surface area contributed by atoms with Crippen molar-refractivity contribution in [1.29, 1.82) is 0 Å². The first-order valence-corrected chi connectivity index (χ1v) is 11.0. The molecule has 1 unspecified atom stereocenters. The van der Waals surface area contributed by atoms with Gasteiger partial charge < -0.3 is 20.1 Å². The highest BCUT2D eigenvalue weighted by Crippen LogP contribution is 2.43. The molecular formula is C26H24F5N3O2. The third-order valence-corrected chi connectivity index (χ3v) is 6.24. The zero-order valence-corrected chi connectivity index (χ0v) is 19.4. The fraction of sp³-hybridized carbons (Fsp3) is 0.269. The number of anilines is 1. The average molecular weight is 505 g/mol. The number of fused-ring (bicyclic) bond motifs is 1. The van der Waals surface area contributed by atoms with E-state index in [9.17, 15) is 32.2 Å². The molecule has 0 aliphatic heterocycles. The largest absolute Gasteiger partial charge is 0.508 e. The van der Waals surface area contributed by atoms with Crippen LogP contribution in [0.2, 0.25) is 0 Å². The van der Waals surface area contributed by atoms with E-state index >= 15 is 0 Å². The van der Waals surface area contributed by atoms with Gasteiger partial charge in [0.2, 0.25) is 5.95 Å². The SMILES string of the molecule is CC(C)(CC(O)(CNc1cccc2c1ccn2-c1ccc(F)nc1)C(F)(F)F)c1cc(F)ccc1O. The van der Waals surface area contributed by atoms with Crippen molar-refractivity contribution < 1.29 is 32.2 Å². The van der Waals surface area contributed by atoms with Gasteiger partial charge in [-0.25, -0.2) is 9.37 Å². The predicted octanol–water partition coefficient (Wildman–Crippen LogP) is 6.08. The highest BCUT2D eigenvalue weighted by molar-refractivity contribution is 5.93. The van der Waals surface area contributed by atoms with Crippen molar-refractivity contribution in [3.8, 4) is 11.4 Å². The minimum atomic E-state index is -5.03. The summed E-state index contributed by atoms with van der Waals surface area (Å²) in [6.07, 6.45) is -2.86. The number of phenolic OH excluding ortho intramolecular Hbond substituents is 1. The summed E-state index contributed by atoms with van der Waals surface area (Å²) in [6.45, 7) is 1.91. The van der Waals surface area contributed by atoms with Crippen molar-refractivity contribution in [2.24, 2.45) is 0 Å². The average Bonchev–Trinajstić information content (AvgIpc) is 3.23. The van der Waals surface area contributed by atoms with Crippen molar-refractivity contribution in [1.82, 2.24) is 9.55 Å². The van der Waals surface area contributed by atoms with E-state index in [0.717, 1.165) is 18.2 Å². The number of nitrogens with one attached hydrogen (secondary N) is 1. The maximum absolute atomic E-state index is 14.1. The Morgan fingerprint density at radius 2 is 1.75 bits per heavy atom. The lowest BCUT2D eigenvalue weighted by atomic mass is 9.74. The number of halogens is 5. The lowest BCUT2D eigenvalue weighted by molar-refractivity contribution is -0.260. The van der Waals surface area contributed by atoms with E-state index in [4.69, 9.17) is 0 Å². The normalized spacial score (nSPS) is 14.1. The van der Waals surface area contributed by atoms with Crippen LogP contribution in [0, 0.1) is 11.8 Å². The Hall–Kier alpha value is -3.66. The van der Waals surface area contributed by atoms with Crippen LogP contribution in [0.4, 0.5) is 27.6 Å². The Balaban J connectivity index is 1.64. The molecule has 2 aromatic heterocycles. The Kier molecular flexibility index (Phi) is 6.42. The number of hydrogen-bond donors (Lipinski definition) is 3. The first-order chi connectivity index (χ1) is 16.8. The highest BCUT2D eigenvalue weighted by atomic mass is 19.4. The van der Waals surface area contributed by atoms with Crippen LogP contribution in [0.5, 0.6) is 5.75 Å². The summed E-state index contributed by atoms with van der Waals surface area (Å²) in [4.78, 5) is 3.63. The fourth-order valence-corrected chi connectivity index (χ4v) is 4.44. The Morgan fingerprint density at radius 3 is 2.42 bits per heavy atom. The van der Waals surface area contributed by atoms with E-state index in [2.05, 4.69) is 10.3 Å². The predicted molar refractivity (Wildman–Crippen MR) is 126 cm³/mol. The van der Waals surface area contributed by atoms with Gasteiger partial charge in [0, 0.05) is 22.8 Å². The van der Waals surface area contributed by atoms with Crippen LogP contribution in [0.15, 0.2) is 67.0 Å². The quantitative estimate of drug-likeness (QED) is 0.210. The van der Waals surface area contributed by atoms with Crippen molar-refractivity contribution in [3.05, 3.63) is 84.3 Å². The number of aliphatic hydroxyl groups is 1. The smallest absolute Gasteiger partial charge is 0.418 e. The summed E-state index contributed by atoms with van der Waals surface area (Å²) in [5, 5.41) is 24.3. The third kappa shape index (κ3) is 4.86. The number of phenols is 1. The number of aromatic hydroxyl groups is 1. The zero-order valence-electron chi connectivity index (χ0n) is 19.4. The second kappa shape index (κ2) is 9.09. The van der Waals surface area contributed by atoms with Gasteiger partial charge >= 0.3 is 6.18 Å². The van der Waals surface area contributed by atoms with Crippen LogP contribution in [0.3, 0.4) is 0 Å². The molecule has 4 aromatic rings. The summed E-state index contributed by atoms with van der Waals surface area (Å²) >= 11 is 0.